The summed E-state index contributed by atoms with van der Waals surface area (Å²) >= 11 is 0. The zero-order valence-electron chi connectivity index (χ0n) is 10.1. The molecule has 1 aliphatic rings. The molecule has 0 aliphatic carbocycles. The molecule has 2 aromatic rings. The van der Waals surface area contributed by atoms with Crippen molar-refractivity contribution in [3.63, 3.8) is 0 Å². The molecule has 4 nitrogen and oxygen atoms in total. The summed E-state index contributed by atoms with van der Waals surface area (Å²) in [6.07, 6.45) is 0. The molecule has 90 valence electrons. The Labute approximate surface area is 105 Å². The van der Waals surface area contributed by atoms with E-state index in [1.54, 1.807) is 0 Å². The number of nitrogens with one attached hydrogen (secondary N) is 1. The highest BCUT2D eigenvalue weighted by Gasteiger charge is 2.44. The largest absolute Gasteiger partial charge is 0.377 e. The molecule has 1 aromatic carbocycles. The van der Waals surface area contributed by atoms with Crippen LogP contribution in [0, 0.1) is 18.3 Å². The number of benzene rings is 1. The lowest BCUT2D eigenvalue weighted by atomic mass is 9.87. The zero-order chi connectivity index (χ0) is 12.6. The van der Waals surface area contributed by atoms with Gasteiger partial charge in [0.15, 0.2) is 5.41 Å². The molecule has 0 spiro atoms. The fourth-order valence-corrected chi connectivity index (χ4v) is 2.12. The summed E-state index contributed by atoms with van der Waals surface area (Å²) in [4.78, 5) is 7.81. The first-order chi connectivity index (χ1) is 8.75. The molecule has 1 fully saturated rings. The Bertz CT molecular complexity index is 606. The average Bonchev–Trinajstić information content (AvgIpc) is 2.72. The highest BCUT2D eigenvalue weighted by molar-refractivity contribution is 5.62. The normalized spacial score (nSPS) is 16.9. The summed E-state index contributed by atoms with van der Waals surface area (Å²) < 4.78 is 5.16. The van der Waals surface area contributed by atoms with Crippen LogP contribution in [0.5, 0.6) is 0 Å². The van der Waals surface area contributed by atoms with Crippen molar-refractivity contribution in [1.29, 1.82) is 5.26 Å². The van der Waals surface area contributed by atoms with E-state index in [1.807, 2.05) is 37.3 Å². The van der Waals surface area contributed by atoms with E-state index in [2.05, 4.69) is 16.0 Å². The molecule has 3 rings (SSSR count). The number of ether oxygens (including phenoxy) is 1. The molecule has 1 aliphatic heterocycles. The third-order valence-electron chi connectivity index (χ3n) is 3.30. The van der Waals surface area contributed by atoms with Crippen molar-refractivity contribution in [2.75, 3.05) is 13.2 Å². The number of nitriles is 1. The maximum absolute atomic E-state index is 9.27. The van der Waals surface area contributed by atoms with Crippen LogP contribution < -0.4 is 0 Å². The number of aryl methyl sites for hydroxylation is 1. The van der Waals surface area contributed by atoms with Crippen LogP contribution in [0.2, 0.25) is 0 Å². The molecule has 2 heterocycles. The molecule has 0 atom stereocenters. The van der Waals surface area contributed by atoms with Gasteiger partial charge in [-0.3, -0.25) is 0 Å². The van der Waals surface area contributed by atoms with Crippen LogP contribution in [-0.2, 0) is 10.2 Å². The van der Waals surface area contributed by atoms with Crippen LogP contribution in [0.25, 0.3) is 11.3 Å². The van der Waals surface area contributed by atoms with E-state index in [0.29, 0.717) is 19.0 Å². The van der Waals surface area contributed by atoms with Crippen molar-refractivity contribution in [3.8, 4) is 17.3 Å². The van der Waals surface area contributed by atoms with Crippen molar-refractivity contribution >= 4 is 0 Å². The second-order valence-electron chi connectivity index (χ2n) is 4.61. The van der Waals surface area contributed by atoms with Crippen LogP contribution >= 0.6 is 0 Å². The predicted molar refractivity (Wildman–Crippen MR) is 66.9 cm³/mol. The maximum Gasteiger partial charge on any atom is 0.161 e. The van der Waals surface area contributed by atoms with Crippen LogP contribution in [0.3, 0.4) is 0 Å². The van der Waals surface area contributed by atoms with Crippen molar-refractivity contribution in [2.24, 2.45) is 0 Å². The second kappa shape index (κ2) is 3.97. The van der Waals surface area contributed by atoms with Crippen molar-refractivity contribution in [1.82, 2.24) is 9.97 Å². The average molecular weight is 239 g/mol. The van der Waals surface area contributed by atoms with Gasteiger partial charge in [-0.25, -0.2) is 4.98 Å². The number of hydrogen-bond acceptors (Lipinski definition) is 3. The number of H-pyrrole nitrogens is 1. The second-order valence-corrected chi connectivity index (χ2v) is 4.61. The molecule has 1 saturated heterocycles. The standard InChI is InChI=1S/C14H13N3O/c1-10-12(11-5-3-2-4-6-11)17-13(16-10)14(7-15)8-18-9-14/h2-6H,8-9H2,1H3,(H,16,17). The van der Waals surface area contributed by atoms with Crippen LogP contribution in [-0.4, -0.2) is 23.2 Å². The molecule has 0 saturated carbocycles. The highest BCUT2D eigenvalue weighted by atomic mass is 16.5. The number of aromatic nitrogens is 2. The first-order valence-electron chi connectivity index (χ1n) is 5.87. The van der Waals surface area contributed by atoms with Gasteiger partial charge in [0.25, 0.3) is 0 Å². The minimum absolute atomic E-state index is 0.421. The van der Waals surface area contributed by atoms with Gasteiger partial charge in [0.05, 0.1) is 25.0 Å². The summed E-state index contributed by atoms with van der Waals surface area (Å²) in [6, 6.07) is 12.3. The molecule has 1 aromatic heterocycles. The van der Waals surface area contributed by atoms with E-state index >= 15 is 0 Å². The van der Waals surface area contributed by atoms with Gasteiger partial charge in [-0.2, -0.15) is 5.26 Å². The smallest absolute Gasteiger partial charge is 0.161 e. The van der Waals surface area contributed by atoms with Crippen molar-refractivity contribution < 1.29 is 4.74 Å². The van der Waals surface area contributed by atoms with Gasteiger partial charge in [-0.15, -0.1) is 0 Å². The van der Waals surface area contributed by atoms with E-state index in [1.165, 1.54) is 0 Å². The van der Waals surface area contributed by atoms with Gasteiger partial charge in [0.1, 0.15) is 5.82 Å². The lowest BCUT2D eigenvalue weighted by Crippen LogP contribution is -2.46. The van der Waals surface area contributed by atoms with Gasteiger partial charge in [-0.05, 0) is 6.92 Å². The molecule has 0 radical (unpaired) electrons. The Morgan fingerprint density at radius 1 is 1.33 bits per heavy atom. The third kappa shape index (κ3) is 1.52. The van der Waals surface area contributed by atoms with Crippen molar-refractivity contribution in [3.05, 3.63) is 41.9 Å². The van der Waals surface area contributed by atoms with Gasteiger partial charge < -0.3 is 9.72 Å². The van der Waals surface area contributed by atoms with Gasteiger partial charge in [0.2, 0.25) is 0 Å². The highest BCUT2D eigenvalue weighted by Crippen LogP contribution is 2.32. The van der Waals surface area contributed by atoms with Crippen LogP contribution in [0.4, 0.5) is 0 Å². The first kappa shape index (κ1) is 11.0. The zero-order valence-corrected chi connectivity index (χ0v) is 10.1. The van der Waals surface area contributed by atoms with Gasteiger partial charge in [0, 0.05) is 11.3 Å². The van der Waals surface area contributed by atoms with E-state index in [4.69, 9.17) is 4.74 Å². The number of hydrogen-bond donors (Lipinski definition) is 1. The Morgan fingerprint density at radius 2 is 2.06 bits per heavy atom. The summed E-state index contributed by atoms with van der Waals surface area (Å²) in [5, 5.41) is 9.27. The molecular weight excluding hydrogens is 226 g/mol. The van der Waals surface area contributed by atoms with Crippen LogP contribution in [0.1, 0.15) is 11.5 Å². The molecular formula is C14H13N3O. The quantitative estimate of drug-likeness (QED) is 0.873. The van der Waals surface area contributed by atoms with Gasteiger partial charge >= 0.3 is 0 Å². The third-order valence-corrected chi connectivity index (χ3v) is 3.30. The topological polar surface area (TPSA) is 61.7 Å². The van der Waals surface area contributed by atoms with E-state index in [9.17, 15) is 5.26 Å². The molecule has 0 unspecified atom stereocenters. The number of imidazole rings is 1. The van der Waals surface area contributed by atoms with Crippen LogP contribution in [0.15, 0.2) is 30.3 Å². The minimum Gasteiger partial charge on any atom is -0.377 e. The Balaban J connectivity index is 2.05. The number of nitrogens with zero attached hydrogens (tertiary/aromatic N) is 2. The summed E-state index contributed by atoms with van der Waals surface area (Å²) in [7, 11) is 0. The first-order valence-corrected chi connectivity index (χ1v) is 5.87. The van der Waals surface area contributed by atoms with E-state index in [0.717, 1.165) is 17.0 Å². The fraction of sp³-hybridized carbons (Fsp3) is 0.286. The molecule has 18 heavy (non-hydrogen) atoms. The SMILES string of the molecule is Cc1[nH]c(C2(C#N)COC2)nc1-c1ccccc1. The molecule has 0 amide bonds. The monoisotopic (exact) mass is 239 g/mol. The van der Waals surface area contributed by atoms with E-state index < -0.39 is 5.41 Å². The minimum atomic E-state index is -0.586. The summed E-state index contributed by atoms with van der Waals surface area (Å²) in [5.41, 5.74) is 2.37. The summed E-state index contributed by atoms with van der Waals surface area (Å²) in [6.45, 7) is 2.82. The van der Waals surface area contributed by atoms with Crippen molar-refractivity contribution in [2.45, 2.75) is 12.3 Å². The van der Waals surface area contributed by atoms with E-state index in [-0.39, 0.29) is 0 Å². The number of rotatable bonds is 2. The fourth-order valence-electron chi connectivity index (χ4n) is 2.12. The Hall–Kier alpha value is -2.12. The Kier molecular flexibility index (Phi) is 2.42. The molecule has 1 N–H and O–H groups in total. The van der Waals surface area contributed by atoms with Gasteiger partial charge in [-0.1, -0.05) is 30.3 Å². The lowest BCUT2D eigenvalue weighted by molar-refractivity contribution is -0.0335. The summed E-state index contributed by atoms with van der Waals surface area (Å²) in [5.74, 6) is 0.715. The maximum atomic E-state index is 9.27. The Morgan fingerprint density at radius 3 is 2.61 bits per heavy atom. The lowest BCUT2D eigenvalue weighted by Gasteiger charge is -2.32. The molecule has 0 bridgehead atoms. The molecule has 4 heteroatoms. The number of aromatic amines is 1. The predicted octanol–water partition coefficient (Wildman–Crippen LogP) is 2.18.